The van der Waals surface area contributed by atoms with E-state index in [1.165, 1.54) is 6.26 Å². The van der Waals surface area contributed by atoms with Crippen molar-refractivity contribution in [2.75, 3.05) is 0 Å². The molecule has 1 atom stereocenters. The molecule has 0 radical (unpaired) electrons. The highest BCUT2D eigenvalue weighted by molar-refractivity contribution is 6.46. The van der Waals surface area contributed by atoms with Gasteiger partial charge in [-0.15, -0.1) is 0 Å². The third-order valence-electron chi connectivity index (χ3n) is 5.66. The lowest BCUT2D eigenvalue weighted by Crippen LogP contribution is -2.37. The summed E-state index contributed by atoms with van der Waals surface area (Å²) in [5.74, 6) is -0.804. The van der Waals surface area contributed by atoms with Crippen LogP contribution in [0.25, 0.3) is 5.76 Å². The number of amides is 1. The Labute approximate surface area is 158 Å². The van der Waals surface area contributed by atoms with E-state index in [9.17, 15) is 14.7 Å². The molecule has 0 spiro atoms. The average molecular weight is 365 g/mol. The number of likely N-dealkylation sites (tertiary alicyclic amines) is 1. The van der Waals surface area contributed by atoms with Crippen molar-refractivity contribution >= 4 is 17.4 Å². The predicted molar refractivity (Wildman–Crippen MR) is 101 cm³/mol. The van der Waals surface area contributed by atoms with Crippen LogP contribution < -0.4 is 0 Å². The molecule has 2 aromatic rings. The van der Waals surface area contributed by atoms with Crippen LogP contribution in [0.5, 0.6) is 0 Å². The van der Waals surface area contributed by atoms with Crippen LogP contribution in [0.3, 0.4) is 0 Å². The summed E-state index contributed by atoms with van der Waals surface area (Å²) in [6.07, 6.45) is 5.34. The van der Waals surface area contributed by atoms with Crippen molar-refractivity contribution in [1.82, 2.24) is 4.90 Å². The van der Waals surface area contributed by atoms with Crippen molar-refractivity contribution in [3.05, 3.63) is 64.6 Å². The van der Waals surface area contributed by atoms with Crippen molar-refractivity contribution in [3.8, 4) is 0 Å². The van der Waals surface area contributed by atoms with Crippen LogP contribution in [0.15, 0.2) is 46.6 Å². The van der Waals surface area contributed by atoms with E-state index in [4.69, 9.17) is 4.42 Å². The summed E-state index contributed by atoms with van der Waals surface area (Å²) in [4.78, 5) is 27.5. The van der Waals surface area contributed by atoms with E-state index in [2.05, 4.69) is 0 Å². The zero-order chi connectivity index (χ0) is 19.1. The van der Waals surface area contributed by atoms with Gasteiger partial charge in [-0.25, -0.2) is 0 Å². The second-order valence-corrected chi connectivity index (χ2v) is 7.48. The van der Waals surface area contributed by atoms with Gasteiger partial charge in [-0.2, -0.15) is 0 Å². The number of Topliss-reactive ketones (excluding diaryl/α,β-unsaturated/α-hetero) is 1. The molecule has 1 saturated heterocycles. The first-order valence-corrected chi connectivity index (χ1v) is 9.40. The van der Waals surface area contributed by atoms with Crippen LogP contribution in [0.4, 0.5) is 0 Å². The van der Waals surface area contributed by atoms with E-state index in [1.807, 2.05) is 32.0 Å². The van der Waals surface area contributed by atoms with Gasteiger partial charge in [0.25, 0.3) is 11.7 Å². The van der Waals surface area contributed by atoms with Crippen molar-refractivity contribution in [3.63, 3.8) is 0 Å². The minimum Gasteiger partial charge on any atom is -0.507 e. The van der Waals surface area contributed by atoms with Crippen LogP contribution in [0.1, 0.15) is 54.2 Å². The SMILES string of the molecule is Cc1ccc(C)c(/C(O)=C2/C(=O)C(=O)N(C3CCCC3)C2c2ccco2)c1. The van der Waals surface area contributed by atoms with Gasteiger partial charge in [0.15, 0.2) is 0 Å². The van der Waals surface area contributed by atoms with E-state index in [-0.39, 0.29) is 17.4 Å². The van der Waals surface area contributed by atoms with Gasteiger partial charge < -0.3 is 14.4 Å². The van der Waals surface area contributed by atoms with E-state index in [0.717, 1.165) is 36.8 Å². The van der Waals surface area contributed by atoms with Crippen LogP contribution in [-0.4, -0.2) is 27.7 Å². The lowest BCUT2D eigenvalue weighted by atomic mass is 9.95. The molecule has 4 rings (SSSR count). The first-order chi connectivity index (χ1) is 13.0. The number of rotatable bonds is 3. The molecular weight excluding hydrogens is 342 g/mol. The third-order valence-corrected chi connectivity index (χ3v) is 5.66. The van der Waals surface area contributed by atoms with Crippen molar-refractivity contribution in [2.24, 2.45) is 0 Å². The minimum absolute atomic E-state index is 0.000423. The fraction of sp³-hybridized carbons (Fsp3) is 0.364. The van der Waals surface area contributed by atoms with E-state index in [0.29, 0.717) is 11.3 Å². The Kier molecular flexibility index (Phi) is 4.38. The lowest BCUT2D eigenvalue weighted by molar-refractivity contribution is -0.141. The predicted octanol–water partition coefficient (Wildman–Crippen LogP) is 4.26. The summed E-state index contributed by atoms with van der Waals surface area (Å²) < 4.78 is 5.58. The molecule has 1 amide bonds. The molecule has 27 heavy (non-hydrogen) atoms. The number of nitrogens with zero attached hydrogens (tertiary/aromatic N) is 1. The number of ketones is 1. The normalized spacial score (nSPS) is 22.7. The van der Waals surface area contributed by atoms with E-state index >= 15 is 0 Å². The molecule has 1 N–H and O–H groups in total. The highest BCUT2D eigenvalue weighted by Gasteiger charge is 2.50. The molecule has 1 aliphatic carbocycles. The third kappa shape index (κ3) is 2.87. The Morgan fingerprint density at radius 1 is 1.15 bits per heavy atom. The first-order valence-electron chi connectivity index (χ1n) is 9.40. The Morgan fingerprint density at radius 3 is 2.56 bits per heavy atom. The summed E-state index contributed by atoms with van der Waals surface area (Å²) in [6.45, 7) is 3.81. The summed E-state index contributed by atoms with van der Waals surface area (Å²) in [5.41, 5.74) is 2.52. The molecule has 1 aliphatic heterocycles. The number of carbonyl (C=O) groups is 2. The Hall–Kier alpha value is -2.82. The summed E-state index contributed by atoms with van der Waals surface area (Å²) >= 11 is 0. The molecule has 1 aromatic carbocycles. The average Bonchev–Trinajstić information content (AvgIpc) is 3.39. The molecule has 2 aliphatic rings. The number of hydrogen-bond donors (Lipinski definition) is 1. The quantitative estimate of drug-likeness (QED) is 0.501. The molecule has 1 unspecified atom stereocenters. The largest absolute Gasteiger partial charge is 0.507 e. The second-order valence-electron chi connectivity index (χ2n) is 7.48. The Morgan fingerprint density at radius 2 is 1.89 bits per heavy atom. The monoisotopic (exact) mass is 365 g/mol. The molecule has 2 fully saturated rings. The van der Waals surface area contributed by atoms with Crippen molar-refractivity contribution in [2.45, 2.75) is 51.6 Å². The maximum absolute atomic E-state index is 12.9. The topological polar surface area (TPSA) is 70.8 Å². The Balaban J connectivity index is 1.90. The maximum Gasteiger partial charge on any atom is 0.296 e. The van der Waals surface area contributed by atoms with Crippen LogP contribution in [-0.2, 0) is 9.59 Å². The lowest BCUT2D eigenvalue weighted by Gasteiger charge is -2.29. The fourth-order valence-electron chi connectivity index (χ4n) is 4.27. The minimum atomic E-state index is -0.678. The number of benzene rings is 1. The number of carbonyl (C=O) groups excluding carboxylic acids is 2. The van der Waals surface area contributed by atoms with Gasteiger partial charge in [-0.1, -0.05) is 30.5 Å². The van der Waals surface area contributed by atoms with Crippen LogP contribution >= 0.6 is 0 Å². The Bertz CT molecular complexity index is 920. The number of hydrogen-bond acceptors (Lipinski definition) is 4. The second kappa shape index (κ2) is 6.72. The summed E-state index contributed by atoms with van der Waals surface area (Å²) in [5, 5.41) is 11.1. The van der Waals surface area contributed by atoms with Crippen molar-refractivity contribution in [1.29, 1.82) is 0 Å². The van der Waals surface area contributed by atoms with E-state index in [1.54, 1.807) is 17.0 Å². The van der Waals surface area contributed by atoms with E-state index < -0.39 is 17.7 Å². The number of aryl methyl sites for hydroxylation is 2. The standard InChI is InChI=1S/C22H23NO4/c1-13-9-10-14(2)16(12-13)20(24)18-19(17-8-5-11-27-17)23(22(26)21(18)25)15-6-3-4-7-15/h5,8-12,15,19,24H,3-4,6-7H2,1-2H3/b20-18-. The van der Waals surface area contributed by atoms with Gasteiger partial charge in [0.2, 0.25) is 0 Å². The number of aliphatic hydroxyl groups excluding tert-OH is 1. The molecule has 1 aromatic heterocycles. The van der Waals surface area contributed by atoms with Gasteiger partial charge in [0.1, 0.15) is 17.6 Å². The van der Waals surface area contributed by atoms with Gasteiger partial charge >= 0.3 is 0 Å². The molecule has 5 heteroatoms. The summed E-state index contributed by atoms with van der Waals surface area (Å²) in [7, 11) is 0. The molecular formula is C22H23NO4. The summed E-state index contributed by atoms with van der Waals surface area (Å²) in [6, 6.07) is 8.51. The highest BCUT2D eigenvalue weighted by atomic mass is 16.3. The van der Waals surface area contributed by atoms with Gasteiger partial charge in [-0.05, 0) is 50.5 Å². The van der Waals surface area contributed by atoms with Crippen LogP contribution in [0.2, 0.25) is 0 Å². The number of aliphatic hydroxyl groups is 1. The highest BCUT2D eigenvalue weighted by Crippen LogP contribution is 2.43. The van der Waals surface area contributed by atoms with Crippen LogP contribution in [0, 0.1) is 13.8 Å². The van der Waals surface area contributed by atoms with Gasteiger partial charge in [0.05, 0.1) is 11.8 Å². The van der Waals surface area contributed by atoms with Crippen molar-refractivity contribution < 1.29 is 19.1 Å². The molecule has 5 nitrogen and oxygen atoms in total. The molecule has 140 valence electrons. The van der Waals surface area contributed by atoms with Gasteiger partial charge in [0, 0.05) is 11.6 Å². The zero-order valence-electron chi connectivity index (χ0n) is 15.6. The fourth-order valence-corrected chi connectivity index (χ4v) is 4.27. The zero-order valence-corrected chi connectivity index (χ0v) is 15.6. The maximum atomic E-state index is 12.9. The molecule has 0 bridgehead atoms. The molecule has 2 heterocycles. The van der Waals surface area contributed by atoms with Gasteiger partial charge in [-0.3, -0.25) is 9.59 Å². The number of furan rings is 1. The first kappa shape index (κ1) is 17.6. The smallest absolute Gasteiger partial charge is 0.296 e. The molecule has 1 saturated carbocycles.